The zero-order valence-electron chi connectivity index (χ0n) is 13.1. The molecule has 1 aromatic carbocycles. The fourth-order valence-corrected chi connectivity index (χ4v) is 3.49. The van der Waals surface area contributed by atoms with E-state index in [2.05, 4.69) is 6.07 Å². The van der Waals surface area contributed by atoms with E-state index in [9.17, 15) is 4.79 Å². The van der Waals surface area contributed by atoms with E-state index in [4.69, 9.17) is 10.8 Å². The van der Waals surface area contributed by atoms with Gasteiger partial charge in [-0.15, -0.1) is 0 Å². The summed E-state index contributed by atoms with van der Waals surface area (Å²) in [5.74, 6) is 0.819. The van der Waals surface area contributed by atoms with Crippen molar-refractivity contribution >= 4 is 17.3 Å². The van der Waals surface area contributed by atoms with Gasteiger partial charge in [-0.05, 0) is 42.4 Å². The number of aryl methyl sites for hydroxylation is 1. The van der Waals surface area contributed by atoms with Crippen LogP contribution in [-0.4, -0.2) is 25.2 Å². The summed E-state index contributed by atoms with van der Waals surface area (Å²) in [5.41, 5.74) is 10.7. The third-order valence-corrected chi connectivity index (χ3v) is 4.67. The van der Waals surface area contributed by atoms with Crippen molar-refractivity contribution in [3.05, 3.63) is 23.3 Å². The van der Waals surface area contributed by atoms with E-state index in [0.717, 1.165) is 24.9 Å². The Balaban J connectivity index is 0.000000774. The standard InChI is InChI=1S/C16H22N2O.CH4O/c1-18-15-10-14(17)13(11-5-3-2-4-6-11)9-12(15)7-8-16(18)19;1-2/h9-11H,2-8,17H2,1H3;2H,1H3. The van der Waals surface area contributed by atoms with Gasteiger partial charge in [0.25, 0.3) is 0 Å². The molecule has 1 saturated carbocycles. The Kier molecular flexibility index (Phi) is 5.23. The van der Waals surface area contributed by atoms with Gasteiger partial charge in [0.05, 0.1) is 0 Å². The van der Waals surface area contributed by atoms with Gasteiger partial charge in [0.1, 0.15) is 0 Å². The predicted octanol–water partition coefficient (Wildman–Crippen LogP) is 2.83. The minimum Gasteiger partial charge on any atom is -0.400 e. The Morgan fingerprint density at radius 3 is 2.48 bits per heavy atom. The number of nitrogens with zero attached hydrogens (tertiary/aromatic N) is 1. The first-order chi connectivity index (χ1) is 10.2. The average Bonchev–Trinajstić information content (AvgIpc) is 2.54. The molecular weight excluding hydrogens is 264 g/mol. The van der Waals surface area contributed by atoms with Crippen molar-refractivity contribution in [1.29, 1.82) is 0 Å². The molecule has 0 spiro atoms. The van der Waals surface area contributed by atoms with Crippen molar-refractivity contribution in [2.24, 2.45) is 0 Å². The number of amides is 1. The fraction of sp³-hybridized carbons (Fsp3) is 0.588. The van der Waals surface area contributed by atoms with Crippen LogP contribution in [0.1, 0.15) is 55.6 Å². The molecule has 116 valence electrons. The molecule has 0 aromatic heterocycles. The molecule has 4 heteroatoms. The molecular formula is C17H26N2O2. The van der Waals surface area contributed by atoms with E-state index in [1.807, 2.05) is 13.1 Å². The maximum Gasteiger partial charge on any atom is 0.227 e. The summed E-state index contributed by atoms with van der Waals surface area (Å²) in [4.78, 5) is 13.5. The minimum absolute atomic E-state index is 0.192. The van der Waals surface area contributed by atoms with Crippen molar-refractivity contribution in [3.8, 4) is 0 Å². The van der Waals surface area contributed by atoms with Crippen LogP contribution in [0.25, 0.3) is 0 Å². The van der Waals surface area contributed by atoms with Gasteiger partial charge < -0.3 is 15.7 Å². The van der Waals surface area contributed by atoms with Crippen molar-refractivity contribution in [1.82, 2.24) is 0 Å². The summed E-state index contributed by atoms with van der Waals surface area (Å²) < 4.78 is 0. The van der Waals surface area contributed by atoms with Gasteiger partial charge in [-0.25, -0.2) is 0 Å². The third kappa shape index (κ3) is 3.21. The lowest BCUT2D eigenvalue weighted by molar-refractivity contribution is -0.118. The molecule has 2 aliphatic rings. The second kappa shape index (κ2) is 6.94. The highest BCUT2D eigenvalue weighted by molar-refractivity contribution is 5.96. The van der Waals surface area contributed by atoms with Gasteiger partial charge >= 0.3 is 0 Å². The number of benzene rings is 1. The molecule has 3 N–H and O–H groups in total. The summed E-state index contributed by atoms with van der Waals surface area (Å²) in [6.45, 7) is 0. The van der Waals surface area contributed by atoms with E-state index < -0.39 is 0 Å². The van der Waals surface area contributed by atoms with Crippen LogP contribution in [0, 0.1) is 0 Å². The number of aliphatic hydroxyl groups is 1. The van der Waals surface area contributed by atoms with E-state index in [1.54, 1.807) is 4.90 Å². The molecule has 1 aliphatic carbocycles. The number of anilines is 2. The number of hydrogen-bond acceptors (Lipinski definition) is 3. The lowest BCUT2D eigenvalue weighted by Gasteiger charge is -2.29. The summed E-state index contributed by atoms with van der Waals surface area (Å²) in [6, 6.07) is 4.28. The van der Waals surface area contributed by atoms with E-state index in [1.165, 1.54) is 43.2 Å². The van der Waals surface area contributed by atoms with Gasteiger partial charge in [-0.3, -0.25) is 4.79 Å². The van der Waals surface area contributed by atoms with Crippen molar-refractivity contribution < 1.29 is 9.90 Å². The lowest BCUT2D eigenvalue weighted by atomic mass is 9.82. The van der Waals surface area contributed by atoms with E-state index in [0.29, 0.717) is 12.3 Å². The minimum atomic E-state index is 0.192. The maximum atomic E-state index is 11.7. The second-order valence-electron chi connectivity index (χ2n) is 5.90. The Bertz CT molecular complexity index is 508. The molecule has 0 saturated heterocycles. The van der Waals surface area contributed by atoms with Crippen molar-refractivity contribution in [2.75, 3.05) is 24.8 Å². The Hall–Kier alpha value is -1.55. The molecule has 0 unspecified atom stereocenters. The van der Waals surface area contributed by atoms with Gasteiger partial charge in [-0.2, -0.15) is 0 Å². The zero-order valence-corrected chi connectivity index (χ0v) is 13.1. The van der Waals surface area contributed by atoms with Crippen LogP contribution in [0.3, 0.4) is 0 Å². The van der Waals surface area contributed by atoms with Gasteiger partial charge in [0, 0.05) is 32.0 Å². The van der Waals surface area contributed by atoms with Crippen LogP contribution in [-0.2, 0) is 11.2 Å². The van der Waals surface area contributed by atoms with Crippen LogP contribution >= 0.6 is 0 Å². The Labute approximate surface area is 126 Å². The Morgan fingerprint density at radius 2 is 1.81 bits per heavy atom. The molecule has 3 rings (SSSR count). The molecule has 21 heavy (non-hydrogen) atoms. The number of rotatable bonds is 1. The highest BCUT2D eigenvalue weighted by Gasteiger charge is 2.25. The summed E-state index contributed by atoms with van der Waals surface area (Å²) >= 11 is 0. The number of nitrogen functional groups attached to an aromatic ring is 1. The lowest BCUT2D eigenvalue weighted by Crippen LogP contribution is -2.31. The zero-order chi connectivity index (χ0) is 15.4. The largest absolute Gasteiger partial charge is 0.400 e. The highest BCUT2D eigenvalue weighted by atomic mass is 16.2. The van der Waals surface area contributed by atoms with Crippen LogP contribution in [0.5, 0.6) is 0 Å². The summed E-state index contributed by atoms with van der Waals surface area (Å²) in [7, 11) is 2.85. The first-order valence-corrected chi connectivity index (χ1v) is 7.80. The van der Waals surface area contributed by atoms with Crippen molar-refractivity contribution in [2.45, 2.75) is 50.9 Å². The number of fused-ring (bicyclic) bond motifs is 1. The average molecular weight is 290 g/mol. The number of hydrogen-bond donors (Lipinski definition) is 2. The molecule has 1 fully saturated rings. The predicted molar refractivity (Wildman–Crippen MR) is 86.6 cm³/mol. The molecule has 0 radical (unpaired) electrons. The first-order valence-electron chi connectivity index (χ1n) is 7.80. The normalized spacial score (nSPS) is 18.8. The first kappa shape index (κ1) is 15.8. The quantitative estimate of drug-likeness (QED) is 0.782. The van der Waals surface area contributed by atoms with Crippen LogP contribution in [0.4, 0.5) is 11.4 Å². The summed E-state index contributed by atoms with van der Waals surface area (Å²) in [5, 5.41) is 7.00. The van der Waals surface area contributed by atoms with Crippen LogP contribution in [0.2, 0.25) is 0 Å². The van der Waals surface area contributed by atoms with Crippen LogP contribution < -0.4 is 10.6 Å². The molecule has 1 amide bonds. The third-order valence-electron chi connectivity index (χ3n) is 4.67. The molecule has 1 aliphatic heterocycles. The Morgan fingerprint density at radius 1 is 1.14 bits per heavy atom. The molecule has 4 nitrogen and oxygen atoms in total. The number of nitrogens with two attached hydrogens (primary N) is 1. The highest BCUT2D eigenvalue weighted by Crippen LogP contribution is 2.39. The molecule has 0 bridgehead atoms. The number of carbonyl (C=O) groups is 1. The maximum absolute atomic E-state index is 11.7. The van der Waals surface area contributed by atoms with E-state index in [-0.39, 0.29) is 5.91 Å². The smallest absolute Gasteiger partial charge is 0.227 e. The number of carbonyl (C=O) groups excluding carboxylic acids is 1. The van der Waals surface area contributed by atoms with Gasteiger partial charge in [0.2, 0.25) is 5.91 Å². The monoisotopic (exact) mass is 290 g/mol. The topological polar surface area (TPSA) is 66.6 Å². The summed E-state index contributed by atoms with van der Waals surface area (Å²) in [6.07, 6.45) is 8.00. The molecule has 1 aromatic rings. The molecule has 0 atom stereocenters. The second-order valence-corrected chi connectivity index (χ2v) is 5.90. The number of aliphatic hydroxyl groups excluding tert-OH is 1. The SMILES string of the molecule is CN1C(=O)CCc2cc(C3CCCCC3)c(N)cc21.CO. The van der Waals surface area contributed by atoms with Gasteiger partial charge in [-0.1, -0.05) is 25.3 Å². The fourth-order valence-electron chi connectivity index (χ4n) is 3.49. The van der Waals surface area contributed by atoms with Gasteiger partial charge in [0.15, 0.2) is 0 Å². The van der Waals surface area contributed by atoms with Crippen molar-refractivity contribution in [3.63, 3.8) is 0 Å². The van der Waals surface area contributed by atoms with Crippen LogP contribution in [0.15, 0.2) is 12.1 Å². The van der Waals surface area contributed by atoms with E-state index >= 15 is 0 Å². The molecule has 1 heterocycles.